The number of nitrogen functional groups attached to an aromatic ring is 1. The summed E-state index contributed by atoms with van der Waals surface area (Å²) in [5.74, 6) is 0.306. The van der Waals surface area contributed by atoms with Gasteiger partial charge in [-0.25, -0.2) is 4.79 Å². The zero-order valence-corrected chi connectivity index (χ0v) is 10.6. The summed E-state index contributed by atoms with van der Waals surface area (Å²) in [6, 6.07) is 0.247. The van der Waals surface area contributed by atoms with E-state index in [4.69, 9.17) is 15.2 Å². The Kier molecular flexibility index (Phi) is 3.71. The first-order chi connectivity index (χ1) is 8.63. The molecule has 2 rings (SSSR count). The molecule has 0 aliphatic carbocycles. The number of esters is 1. The number of ether oxygens (including phenoxy) is 2. The summed E-state index contributed by atoms with van der Waals surface area (Å²) in [5, 5.41) is 7.45. The van der Waals surface area contributed by atoms with Gasteiger partial charge in [-0.15, -0.1) is 0 Å². The van der Waals surface area contributed by atoms with E-state index in [1.165, 1.54) is 11.8 Å². The number of nitrogens with two attached hydrogens (primary N) is 1. The van der Waals surface area contributed by atoms with Crippen LogP contribution in [0.1, 0.15) is 23.2 Å². The molecule has 1 aliphatic heterocycles. The maximum absolute atomic E-state index is 11.7. The van der Waals surface area contributed by atoms with Crippen LogP contribution in [0.3, 0.4) is 0 Å². The number of aromatic nitrogens is 2. The molecule has 1 aromatic rings. The third-order valence-corrected chi connectivity index (χ3v) is 3.04. The Balaban J connectivity index is 2.20. The number of hydrogen-bond donors (Lipinski definition) is 2. The van der Waals surface area contributed by atoms with Crippen LogP contribution in [0.4, 0.5) is 11.6 Å². The monoisotopic (exact) mass is 254 g/mol. The first-order valence-electron chi connectivity index (χ1n) is 5.88. The Morgan fingerprint density at radius 1 is 1.56 bits per heavy atom. The topological polar surface area (TPSA) is 91.4 Å². The Hall–Kier alpha value is -1.76. The number of aryl methyl sites for hydroxylation is 1. The number of rotatable bonds is 3. The van der Waals surface area contributed by atoms with Crippen molar-refractivity contribution in [3.63, 3.8) is 0 Å². The van der Waals surface area contributed by atoms with E-state index in [0.717, 1.165) is 12.8 Å². The molecule has 1 fully saturated rings. The molecule has 1 aromatic heterocycles. The minimum absolute atomic E-state index is 0.247. The van der Waals surface area contributed by atoms with Crippen LogP contribution < -0.4 is 11.1 Å². The fraction of sp³-hybridized carbons (Fsp3) is 0.636. The molecule has 0 amide bonds. The van der Waals surface area contributed by atoms with Crippen LogP contribution in [0.2, 0.25) is 0 Å². The minimum atomic E-state index is -0.477. The average molecular weight is 254 g/mol. The largest absolute Gasteiger partial charge is 0.465 e. The standard InChI is InChI=1S/C11H18N4O3/c1-15-9(12)8(11(16)17-2)10(14-15)13-7-3-5-18-6-4-7/h7H,3-6,12H2,1-2H3,(H,13,14). The van der Waals surface area contributed by atoms with E-state index in [2.05, 4.69) is 10.4 Å². The Labute approximate surface area is 105 Å². The van der Waals surface area contributed by atoms with Crippen molar-refractivity contribution in [3.05, 3.63) is 5.56 Å². The van der Waals surface area contributed by atoms with Crippen LogP contribution in [0.5, 0.6) is 0 Å². The Bertz CT molecular complexity index is 438. The Morgan fingerprint density at radius 3 is 2.83 bits per heavy atom. The zero-order valence-electron chi connectivity index (χ0n) is 10.6. The summed E-state index contributed by atoms with van der Waals surface area (Å²) in [6.07, 6.45) is 1.77. The van der Waals surface area contributed by atoms with Crippen LogP contribution >= 0.6 is 0 Å². The predicted molar refractivity (Wildman–Crippen MR) is 66.4 cm³/mol. The van der Waals surface area contributed by atoms with Crippen LogP contribution in [0, 0.1) is 0 Å². The van der Waals surface area contributed by atoms with E-state index in [1.807, 2.05) is 0 Å². The summed E-state index contributed by atoms with van der Waals surface area (Å²) in [5.41, 5.74) is 6.12. The number of anilines is 2. The molecule has 0 aromatic carbocycles. The maximum Gasteiger partial charge on any atom is 0.345 e. The number of nitrogens with one attached hydrogen (secondary N) is 1. The van der Waals surface area contributed by atoms with Crippen LogP contribution in [-0.4, -0.2) is 42.1 Å². The smallest absolute Gasteiger partial charge is 0.345 e. The molecular weight excluding hydrogens is 236 g/mol. The highest BCUT2D eigenvalue weighted by atomic mass is 16.5. The molecule has 0 unspecified atom stereocenters. The lowest BCUT2D eigenvalue weighted by molar-refractivity contribution is 0.0602. The predicted octanol–water partition coefficient (Wildman–Crippen LogP) is 0.380. The van der Waals surface area contributed by atoms with Gasteiger partial charge in [-0.1, -0.05) is 0 Å². The summed E-state index contributed by atoms with van der Waals surface area (Å²) in [4.78, 5) is 11.7. The SMILES string of the molecule is COC(=O)c1c(NC2CCOCC2)nn(C)c1N. The van der Waals surface area contributed by atoms with E-state index < -0.39 is 5.97 Å². The maximum atomic E-state index is 11.7. The van der Waals surface area contributed by atoms with Crippen molar-refractivity contribution < 1.29 is 14.3 Å². The molecule has 2 heterocycles. The van der Waals surface area contributed by atoms with Crippen LogP contribution in [0.15, 0.2) is 0 Å². The second-order valence-electron chi connectivity index (χ2n) is 4.26. The lowest BCUT2D eigenvalue weighted by Crippen LogP contribution is -2.28. The highest BCUT2D eigenvalue weighted by molar-refractivity contribution is 5.99. The van der Waals surface area contributed by atoms with Crippen LogP contribution in [-0.2, 0) is 16.5 Å². The molecule has 1 aliphatic rings. The molecule has 18 heavy (non-hydrogen) atoms. The molecule has 0 atom stereocenters. The number of nitrogens with zero attached hydrogens (tertiary/aromatic N) is 2. The number of carbonyl (C=O) groups excluding carboxylic acids is 1. The zero-order chi connectivity index (χ0) is 13.1. The highest BCUT2D eigenvalue weighted by Crippen LogP contribution is 2.24. The van der Waals surface area contributed by atoms with Crippen LogP contribution in [0.25, 0.3) is 0 Å². The lowest BCUT2D eigenvalue weighted by atomic mass is 10.1. The Morgan fingerprint density at radius 2 is 2.22 bits per heavy atom. The molecule has 0 spiro atoms. The van der Waals surface area contributed by atoms with E-state index in [0.29, 0.717) is 30.4 Å². The second kappa shape index (κ2) is 5.26. The normalized spacial score (nSPS) is 16.6. The lowest BCUT2D eigenvalue weighted by Gasteiger charge is -2.23. The first-order valence-corrected chi connectivity index (χ1v) is 5.88. The number of methoxy groups -OCH3 is 1. The van der Waals surface area contributed by atoms with E-state index in [9.17, 15) is 4.79 Å². The molecule has 0 bridgehead atoms. The van der Waals surface area contributed by atoms with Gasteiger partial charge < -0.3 is 20.5 Å². The summed E-state index contributed by atoms with van der Waals surface area (Å²) < 4.78 is 11.5. The molecular formula is C11H18N4O3. The van der Waals surface area contributed by atoms with Gasteiger partial charge in [0.2, 0.25) is 0 Å². The summed E-state index contributed by atoms with van der Waals surface area (Å²) in [7, 11) is 3.02. The van der Waals surface area contributed by atoms with Gasteiger partial charge in [0.05, 0.1) is 7.11 Å². The molecule has 1 saturated heterocycles. The first kappa shape index (κ1) is 12.7. The van der Waals surface area contributed by atoms with Gasteiger partial charge in [0.25, 0.3) is 0 Å². The highest BCUT2D eigenvalue weighted by Gasteiger charge is 2.24. The van der Waals surface area contributed by atoms with Crippen molar-refractivity contribution in [1.29, 1.82) is 0 Å². The third-order valence-electron chi connectivity index (χ3n) is 3.04. The third kappa shape index (κ3) is 2.40. The quantitative estimate of drug-likeness (QED) is 0.758. The van der Waals surface area contributed by atoms with Crippen molar-refractivity contribution in [1.82, 2.24) is 9.78 Å². The van der Waals surface area contributed by atoms with E-state index in [1.54, 1.807) is 7.05 Å². The van der Waals surface area contributed by atoms with Gasteiger partial charge in [-0.2, -0.15) is 5.10 Å². The second-order valence-corrected chi connectivity index (χ2v) is 4.26. The van der Waals surface area contributed by atoms with Gasteiger partial charge in [0.15, 0.2) is 5.82 Å². The van der Waals surface area contributed by atoms with Crippen molar-refractivity contribution in [3.8, 4) is 0 Å². The van der Waals surface area contributed by atoms with Crippen molar-refractivity contribution in [2.24, 2.45) is 7.05 Å². The average Bonchev–Trinajstić information content (AvgIpc) is 2.65. The van der Waals surface area contributed by atoms with Gasteiger partial charge in [0.1, 0.15) is 11.4 Å². The number of hydrogen-bond acceptors (Lipinski definition) is 6. The van der Waals surface area contributed by atoms with Gasteiger partial charge in [0, 0.05) is 26.3 Å². The van der Waals surface area contributed by atoms with E-state index in [-0.39, 0.29) is 6.04 Å². The van der Waals surface area contributed by atoms with Gasteiger partial charge >= 0.3 is 5.97 Å². The minimum Gasteiger partial charge on any atom is -0.465 e. The van der Waals surface area contributed by atoms with E-state index >= 15 is 0 Å². The fourth-order valence-corrected chi connectivity index (χ4v) is 1.98. The number of carbonyl (C=O) groups is 1. The van der Waals surface area contributed by atoms with Crippen molar-refractivity contribution >= 4 is 17.6 Å². The molecule has 0 saturated carbocycles. The fourth-order valence-electron chi connectivity index (χ4n) is 1.98. The van der Waals surface area contributed by atoms with Crippen molar-refractivity contribution in [2.75, 3.05) is 31.4 Å². The van der Waals surface area contributed by atoms with Gasteiger partial charge in [-0.05, 0) is 12.8 Å². The molecule has 7 nitrogen and oxygen atoms in total. The summed E-state index contributed by atoms with van der Waals surface area (Å²) >= 11 is 0. The summed E-state index contributed by atoms with van der Waals surface area (Å²) in [6.45, 7) is 1.43. The molecule has 100 valence electrons. The van der Waals surface area contributed by atoms with Crippen molar-refractivity contribution in [2.45, 2.75) is 18.9 Å². The molecule has 0 radical (unpaired) electrons. The van der Waals surface area contributed by atoms with Gasteiger partial charge in [-0.3, -0.25) is 4.68 Å². The molecule has 7 heteroatoms. The molecule has 3 N–H and O–H groups in total.